The lowest BCUT2D eigenvalue weighted by atomic mass is 10.0. The second-order valence-corrected chi connectivity index (χ2v) is 7.80. The average molecular weight is 357 g/mol. The largest absolute Gasteiger partial charge is 0.379 e. The lowest BCUT2D eigenvalue weighted by Crippen LogP contribution is -2.10. The van der Waals surface area contributed by atoms with Crippen molar-refractivity contribution in [3.05, 3.63) is 0 Å². The molecule has 0 aromatic carbocycles. The van der Waals surface area contributed by atoms with E-state index in [1.807, 2.05) is 0 Å². The first-order chi connectivity index (χ1) is 12.3. The molecule has 2 heteroatoms. The average Bonchev–Trinajstić information content (AvgIpc) is 2.63. The fraction of sp³-hybridized carbons (Fsp3) is 1.00. The van der Waals surface area contributed by atoms with Crippen molar-refractivity contribution in [2.24, 2.45) is 5.92 Å². The van der Waals surface area contributed by atoms with Crippen molar-refractivity contribution < 1.29 is 9.47 Å². The van der Waals surface area contributed by atoms with Crippen LogP contribution in [-0.4, -0.2) is 26.4 Å². The number of hydrogen-bond acceptors (Lipinski definition) is 2. The molecule has 25 heavy (non-hydrogen) atoms. The summed E-state index contributed by atoms with van der Waals surface area (Å²) >= 11 is 0. The van der Waals surface area contributed by atoms with Gasteiger partial charge in [-0.05, 0) is 12.3 Å². The lowest BCUT2D eigenvalue weighted by molar-refractivity contribution is 0.0340. The fourth-order valence-corrected chi connectivity index (χ4v) is 3.02. The molecule has 0 aliphatic heterocycles. The van der Waals surface area contributed by atoms with Crippen LogP contribution in [-0.2, 0) is 9.47 Å². The molecule has 0 heterocycles. The van der Waals surface area contributed by atoms with E-state index in [4.69, 9.17) is 9.47 Å². The summed E-state index contributed by atoms with van der Waals surface area (Å²) < 4.78 is 11.2. The highest BCUT2D eigenvalue weighted by Gasteiger charge is 1.98. The summed E-state index contributed by atoms with van der Waals surface area (Å²) in [5, 5.41) is 0. The van der Waals surface area contributed by atoms with Gasteiger partial charge in [-0.2, -0.15) is 0 Å². The Morgan fingerprint density at radius 2 is 0.960 bits per heavy atom. The Labute approximate surface area is 159 Å². The van der Waals surface area contributed by atoms with Crippen LogP contribution in [0.2, 0.25) is 0 Å². The van der Waals surface area contributed by atoms with Gasteiger partial charge >= 0.3 is 0 Å². The molecular weight excluding hydrogens is 308 g/mol. The Morgan fingerprint density at radius 1 is 0.520 bits per heavy atom. The van der Waals surface area contributed by atoms with Crippen LogP contribution in [0.25, 0.3) is 0 Å². The van der Waals surface area contributed by atoms with E-state index in [1.54, 1.807) is 0 Å². The molecule has 0 aromatic heterocycles. The molecule has 0 bridgehead atoms. The van der Waals surface area contributed by atoms with Gasteiger partial charge in [0.15, 0.2) is 0 Å². The van der Waals surface area contributed by atoms with Gasteiger partial charge in [-0.3, -0.25) is 0 Å². The number of unbranched alkanes of at least 4 members (excludes halogenated alkanes) is 13. The summed E-state index contributed by atoms with van der Waals surface area (Å²) in [6, 6.07) is 0. The third kappa shape index (κ3) is 21.9. The van der Waals surface area contributed by atoms with E-state index in [1.165, 1.54) is 96.3 Å². The van der Waals surface area contributed by atoms with Crippen molar-refractivity contribution in [2.45, 2.75) is 117 Å². The number of hydrogen-bond donors (Lipinski definition) is 0. The summed E-state index contributed by atoms with van der Waals surface area (Å²) in [5.74, 6) is 0.672. The van der Waals surface area contributed by atoms with Gasteiger partial charge in [0, 0.05) is 13.2 Å². The van der Waals surface area contributed by atoms with Gasteiger partial charge in [0.25, 0.3) is 0 Å². The van der Waals surface area contributed by atoms with Gasteiger partial charge in [0.2, 0.25) is 0 Å². The Morgan fingerprint density at radius 3 is 1.44 bits per heavy atom. The first-order valence-electron chi connectivity index (χ1n) is 11.5. The number of rotatable bonds is 21. The molecule has 0 saturated carbocycles. The summed E-state index contributed by atoms with van der Waals surface area (Å²) in [6.07, 6.45) is 20.9. The minimum atomic E-state index is 0.672. The SMILES string of the molecule is CCCCCCCCCCCCCCCCOCCOCC(C)CC. The molecule has 2 nitrogen and oxygen atoms in total. The summed E-state index contributed by atoms with van der Waals surface area (Å²) in [6.45, 7) is 10.0. The quantitative estimate of drug-likeness (QED) is 0.198. The summed E-state index contributed by atoms with van der Waals surface area (Å²) in [7, 11) is 0. The highest BCUT2D eigenvalue weighted by Crippen LogP contribution is 2.12. The predicted octanol–water partition coefficient (Wildman–Crippen LogP) is 7.55. The molecule has 152 valence electrons. The topological polar surface area (TPSA) is 18.5 Å². The molecule has 1 atom stereocenters. The maximum absolute atomic E-state index is 5.63. The first kappa shape index (κ1) is 24.9. The molecular formula is C23H48O2. The van der Waals surface area contributed by atoms with Crippen molar-refractivity contribution in [3.63, 3.8) is 0 Å². The highest BCUT2D eigenvalue weighted by molar-refractivity contribution is 4.49. The first-order valence-corrected chi connectivity index (χ1v) is 11.5. The predicted molar refractivity (Wildman–Crippen MR) is 111 cm³/mol. The van der Waals surface area contributed by atoms with Gasteiger partial charge in [-0.1, -0.05) is 111 Å². The van der Waals surface area contributed by atoms with Crippen LogP contribution in [0.4, 0.5) is 0 Å². The minimum absolute atomic E-state index is 0.672. The van der Waals surface area contributed by atoms with Crippen molar-refractivity contribution in [3.8, 4) is 0 Å². The van der Waals surface area contributed by atoms with Crippen LogP contribution >= 0.6 is 0 Å². The molecule has 0 fully saturated rings. The third-order valence-electron chi connectivity index (χ3n) is 5.11. The molecule has 0 N–H and O–H groups in total. The maximum Gasteiger partial charge on any atom is 0.0700 e. The van der Waals surface area contributed by atoms with E-state index in [-0.39, 0.29) is 0 Å². The monoisotopic (exact) mass is 356 g/mol. The maximum atomic E-state index is 5.63. The molecule has 1 unspecified atom stereocenters. The third-order valence-corrected chi connectivity index (χ3v) is 5.11. The molecule has 0 aliphatic rings. The van der Waals surface area contributed by atoms with Gasteiger partial charge < -0.3 is 9.47 Å². The zero-order valence-corrected chi connectivity index (χ0v) is 17.8. The van der Waals surface area contributed by atoms with E-state index < -0.39 is 0 Å². The van der Waals surface area contributed by atoms with E-state index in [0.29, 0.717) is 5.92 Å². The van der Waals surface area contributed by atoms with E-state index in [9.17, 15) is 0 Å². The van der Waals surface area contributed by atoms with E-state index in [2.05, 4.69) is 20.8 Å². The second kappa shape index (κ2) is 22.0. The van der Waals surface area contributed by atoms with Crippen molar-refractivity contribution in [2.75, 3.05) is 26.4 Å². The minimum Gasteiger partial charge on any atom is -0.379 e. The van der Waals surface area contributed by atoms with Gasteiger partial charge in [0.1, 0.15) is 0 Å². The van der Waals surface area contributed by atoms with Gasteiger partial charge in [-0.15, -0.1) is 0 Å². The van der Waals surface area contributed by atoms with E-state index in [0.717, 1.165) is 26.4 Å². The van der Waals surface area contributed by atoms with E-state index >= 15 is 0 Å². The van der Waals surface area contributed by atoms with Crippen molar-refractivity contribution in [1.29, 1.82) is 0 Å². The molecule has 0 spiro atoms. The summed E-state index contributed by atoms with van der Waals surface area (Å²) in [4.78, 5) is 0. The Balaban J connectivity index is 2.98. The molecule has 0 rings (SSSR count). The molecule has 0 radical (unpaired) electrons. The molecule has 0 saturated heterocycles. The molecule has 0 aliphatic carbocycles. The lowest BCUT2D eigenvalue weighted by Gasteiger charge is -2.09. The second-order valence-electron chi connectivity index (χ2n) is 7.80. The normalized spacial score (nSPS) is 12.6. The van der Waals surface area contributed by atoms with Crippen LogP contribution in [0, 0.1) is 5.92 Å². The zero-order valence-electron chi connectivity index (χ0n) is 17.8. The zero-order chi connectivity index (χ0) is 18.4. The standard InChI is InChI=1S/C23H48O2/c1-4-6-7-8-9-10-11-12-13-14-15-16-17-18-19-24-20-21-25-22-23(3)5-2/h23H,4-22H2,1-3H3. The highest BCUT2D eigenvalue weighted by atomic mass is 16.5. The summed E-state index contributed by atoms with van der Waals surface area (Å²) in [5.41, 5.74) is 0. The Bertz CT molecular complexity index is 230. The van der Waals surface area contributed by atoms with Crippen LogP contribution in [0.3, 0.4) is 0 Å². The van der Waals surface area contributed by atoms with Gasteiger partial charge in [-0.25, -0.2) is 0 Å². The van der Waals surface area contributed by atoms with Gasteiger partial charge in [0.05, 0.1) is 13.2 Å². The smallest absolute Gasteiger partial charge is 0.0700 e. The molecule has 0 aromatic rings. The Hall–Kier alpha value is -0.0800. The van der Waals surface area contributed by atoms with Crippen LogP contribution in [0.1, 0.15) is 117 Å². The van der Waals surface area contributed by atoms with Crippen molar-refractivity contribution >= 4 is 0 Å². The number of ether oxygens (including phenoxy) is 2. The van der Waals surface area contributed by atoms with Crippen LogP contribution < -0.4 is 0 Å². The van der Waals surface area contributed by atoms with Crippen LogP contribution in [0.15, 0.2) is 0 Å². The fourth-order valence-electron chi connectivity index (χ4n) is 3.02. The van der Waals surface area contributed by atoms with Crippen molar-refractivity contribution in [1.82, 2.24) is 0 Å². The Kier molecular flexibility index (Phi) is 21.9. The molecule has 0 amide bonds. The van der Waals surface area contributed by atoms with Crippen LogP contribution in [0.5, 0.6) is 0 Å².